The lowest BCUT2D eigenvalue weighted by molar-refractivity contribution is -0.384. The summed E-state index contributed by atoms with van der Waals surface area (Å²) in [6.45, 7) is 1.36. The van der Waals surface area contributed by atoms with Gasteiger partial charge >= 0.3 is 5.69 Å². The van der Waals surface area contributed by atoms with E-state index in [-0.39, 0.29) is 17.2 Å². The summed E-state index contributed by atoms with van der Waals surface area (Å²) in [5, 5.41) is 13.9. The van der Waals surface area contributed by atoms with E-state index in [1.807, 2.05) is 0 Å². The molecule has 0 saturated carbocycles. The molecule has 1 saturated heterocycles. The maximum Gasteiger partial charge on any atom is 0.305 e. The summed E-state index contributed by atoms with van der Waals surface area (Å²) in [5.41, 5.74) is 0.396. The number of carbonyl (C=O) groups is 1. The molecule has 1 aliphatic rings. The first-order chi connectivity index (χ1) is 9.15. The molecule has 0 unspecified atom stereocenters. The van der Waals surface area contributed by atoms with Gasteiger partial charge in [0.2, 0.25) is 0 Å². The van der Waals surface area contributed by atoms with Gasteiger partial charge in [-0.3, -0.25) is 14.9 Å². The van der Waals surface area contributed by atoms with Crippen LogP contribution in [0.25, 0.3) is 0 Å². The van der Waals surface area contributed by atoms with Gasteiger partial charge in [0.15, 0.2) is 0 Å². The van der Waals surface area contributed by atoms with Crippen LogP contribution in [0.4, 0.5) is 11.4 Å². The van der Waals surface area contributed by atoms with E-state index >= 15 is 0 Å². The quantitative estimate of drug-likeness (QED) is 0.670. The highest BCUT2D eigenvalue weighted by atomic mass is 16.6. The Morgan fingerprint density at radius 1 is 1.32 bits per heavy atom. The number of anilines is 1. The number of nitrogens with zero attached hydrogens (tertiary/aromatic N) is 2. The first kappa shape index (κ1) is 13.3. The van der Waals surface area contributed by atoms with Crippen molar-refractivity contribution in [2.24, 2.45) is 0 Å². The highest BCUT2D eigenvalue weighted by molar-refractivity contribution is 6.00. The highest BCUT2D eigenvalue weighted by Gasteiger charge is 2.27. The van der Waals surface area contributed by atoms with Crippen molar-refractivity contribution in [1.29, 1.82) is 0 Å². The van der Waals surface area contributed by atoms with Crippen LogP contribution in [0.3, 0.4) is 0 Å². The molecule has 102 valence electrons. The average Bonchev–Trinajstić information content (AvgIpc) is 2.46. The molecule has 19 heavy (non-hydrogen) atoms. The van der Waals surface area contributed by atoms with Crippen LogP contribution in [0.2, 0.25) is 0 Å². The average molecular weight is 263 g/mol. The molecular formula is C13H17N3O3. The molecular weight excluding hydrogens is 246 g/mol. The third kappa shape index (κ3) is 2.67. The minimum atomic E-state index is -0.497. The van der Waals surface area contributed by atoms with Crippen molar-refractivity contribution in [3.05, 3.63) is 33.9 Å². The normalized spacial score (nSPS) is 15.1. The van der Waals surface area contributed by atoms with Crippen LogP contribution in [0.1, 0.15) is 29.6 Å². The molecule has 1 fully saturated rings. The van der Waals surface area contributed by atoms with Crippen molar-refractivity contribution in [1.82, 2.24) is 4.90 Å². The summed E-state index contributed by atoms with van der Waals surface area (Å²) >= 11 is 0. The van der Waals surface area contributed by atoms with Crippen molar-refractivity contribution in [3.8, 4) is 0 Å². The van der Waals surface area contributed by atoms with Crippen LogP contribution in [0, 0.1) is 10.1 Å². The summed E-state index contributed by atoms with van der Waals surface area (Å²) in [7, 11) is 1.61. The van der Waals surface area contributed by atoms with Gasteiger partial charge in [-0.2, -0.15) is 0 Å². The first-order valence-corrected chi connectivity index (χ1v) is 6.39. The van der Waals surface area contributed by atoms with Gasteiger partial charge in [0.05, 0.1) is 4.92 Å². The molecule has 1 aromatic rings. The Morgan fingerprint density at radius 3 is 2.58 bits per heavy atom. The van der Waals surface area contributed by atoms with E-state index in [0.717, 1.165) is 19.3 Å². The van der Waals surface area contributed by atoms with Crippen molar-refractivity contribution in [2.75, 3.05) is 25.5 Å². The molecule has 0 aromatic heterocycles. The molecule has 1 amide bonds. The van der Waals surface area contributed by atoms with E-state index in [0.29, 0.717) is 18.8 Å². The lowest BCUT2D eigenvalue weighted by Crippen LogP contribution is -2.36. The number of hydrogen-bond donors (Lipinski definition) is 1. The standard InChI is InChI=1S/C13H17N3O3/c1-14-11-7-5-6-10(12(11)16(18)19)13(17)15-8-3-2-4-9-15/h5-7,14H,2-4,8-9H2,1H3. The van der Waals surface area contributed by atoms with E-state index in [1.54, 1.807) is 24.1 Å². The number of benzene rings is 1. The van der Waals surface area contributed by atoms with Crippen molar-refractivity contribution in [3.63, 3.8) is 0 Å². The molecule has 1 heterocycles. The third-order valence-electron chi connectivity index (χ3n) is 3.36. The maximum absolute atomic E-state index is 12.4. The zero-order valence-corrected chi connectivity index (χ0v) is 10.9. The van der Waals surface area contributed by atoms with Gasteiger partial charge in [0.25, 0.3) is 5.91 Å². The number of carbonyl (C=O) groups excluding carboxylic acids is 1. The van der Waals surface area contributed by atoms with Crippen LogP contribution >= 0.6 is 0 Å². The number of para-hydroxylation sites is 1. The predicted octanol–water partition coefficient (Wildman–Crippen LogP) is 2.26. The largest absolute Gasteiger partial charge is 0.383 e. The number of nitrogens with one attached hydrogen (secondary N) is 1. The Morgan fingerprint density at radius 2 is 2.00 bits per heavy atom. The number of amides is 1. The second kappa shape index (κ2) is 5.69. The van der Waals surface area contributed by atoms with Gasteiger partial charge < -0.3 is 10.2 Å². The van der Waals surface area contributed by atoms with Crippen molar-refractivity contribution in [2.45, 2.75) is 19.3 Å². The molecule has 0 aliphatic carbocycles. The summed E-state index contributed by atoms with van der Waals surface area (Å²) in [5.74, 6) is -0.247. The second-order valence-corrected chi connectivity index (χ2v) is 4.56. The Balaban J connectivity index is 2.37. The monoisotopic (exact) mass is 263 g/mol. The Kier molecular flexibility index (Phi) is 3.99. The number of nitro benzene ring substituents is 1. The number of rotatable bonds is 3. The maximum atomic E-state index is 12.4. The van der Waals surface area contributed by atoms with Gasteiger partial charge in [-0.05, 0) is 31.4 Å². The van der Waals surface area contributed by atoms with Crippen LogP contribution in [0.5, 0.6) is 0 Å². The van der Waals surface area contributed by atoms with E-state index < -0.39 is 4.92 Å². The molecule has 1 aromatic carbocycles. The molecule has 6 nitrogen and oxygen atoms in total. The number of piperidine rings is 1. The Labute approximate surface area is 111 Å². The van der Waals surface area contributed by atoms with E-state index in [4.69, 9.17) is 0 Å². The van der Waals surface area contributed by atoms with Gasteiger partial charge in [-0.1, -0.05) is 6.07 Å². The zero-order valence-electron chi connectivity index (χ0n) is 10.9. The molecule has 0 atom stereocenters. The topological polar surface area (TPSA) is 75.5 Å². The van der Waals surface area contributed by atoms with E-state index in [1.165, 1.54) is 6.07 Å². The van der Waals surface area contributed by atoms with E-state index in [2.05, 4.69) is 5.32 Å². The molecule has 2 rings (SSSR count). The summed E-state index contributed by atoms with van der Waals surface area (Å²) in [6.07, 6.45) is 3.04. The molecule has 1 aliphatic heterocycles. The first-order valence-electron chi connectivity index (χ1n) is 6.39. The summed E-state index contributed by atoms with van der Waals surface area (Å²) < 4.78 is 0. The van der Waals surface area contributed by atoms with Crippen molar-refractivity contribution >= 4 is 17.3 Å². The number of nitro groups is 1. The predicted molar refractivity (Wildman–Crippen MR) is 72.4 cm³/mol. The molecule has 0 radical (unpaired) electrons. The van der Waals surface area contributed by atoms with Gasteiger partial charge in [0.1, 0.15) is 11.3 Å². The summed E-state index contributed by atoms with van der Waals surface area (Å²) in [6, 6.07) is 4.79. The lowest BCUT2D eigenvalue weighted by Gasteiger charge is -2.26. The van der Waals surface area contributed by atoms with Crippen LogP contribution in [0.15, 0.2) is 18.2 Å². The summed E-state index contributed by atoms with van der Waals surface area (Å²) in [4.78, 5) is 24.8. The SMILES string of the molecule is CNc1cccc(C(=O)N2CCCCC2)c1[N+](=O)[O-]. The molecule has 6 heteroatoms. The van der Waals surface area contributed by atoms with Crippen LogP contribution in [-0.2, 0) is 0 Å². The Bertz CT molecular complexity index is 496. The fourth-order valence-electron chi connectivity index (χ4n) is 2.38. The fraction of sp³-hybridized carbons (Fsp3) is 0.462. The smallest absolute Gasteiger partial charge is 0.305 e. The third-order valence-corrected chi connectivity index (χ3v) is 3.36. The van der Waals surface area contributed by atoms with Gasteiger partial charge in [-0.25, -0.2) is 0 Å². The van der Waals surface area contributed by atoms with E-state index in [9.17, 15) is 14.9 Å². The number of hydrogen-bond acceptors (Lipinski definition) is 4. The second-order valence-electron chi connectivity index (χ2n) is 4.56. The highest BCUT2D eigenvalue weighted by Crippen LogP contribution is 2.29. The lowest BCUT2D eigenvalue weighted by atomic mass is 10.1. The Hall–Kier alpha value is -2.11. The molecule has 1 N–H and O–H groups in total. The minimum absolute atomic E-state index is 0.138. The molecule has 0 spiro atoms. The van der Waals surface area contributed by atoms with Gasteiger partial charge in [-0.15, -0.1) is 0 Å². The van der Waals surface area contributed by atoms with Crippen LogP contribution in [-0.4, -0.2) is 35.9 Å². The minimum Gasteiger partial charge on any atom is -0.383 e. The fourth-order valence-corrected chi connectivity index (χ4v) is 2.38. The van der Waals surface area contributed by atoms with Crippen LogP contribution < -0.4 is 5.32 Å². The van der Waals surface area contributed by atoms with Gasteiger partial charge in [0, 0.05) is 20.1 Å². The zero-order chi connectivity index (χ0) is 13.8. The molecule has 0 bridgehead atoms. The number of likely N-dealkylation sites (tertiary alicyclic amines) is 1. The van der Waals surface area contributed by atoms with Crippen molar-refractivity contribution < 1.29 is 9.72 Å².